The third-order valence-electron chi connectivity index (χ3n) is 4.88. The lowest BCUT2D eigenvalue weighted by Gasteiger charge is -2.49. The number of nitrogens with zero attached hydrogens (tertiary/aromatic N) is 1. The van der Waals surface area contributed by atoms with E-state index in [4.69, 9.17) is 0 Å². The van der Waals surface area contributed by atoms with E-state index in [2.05, 4.69) is 53.8 Å². The van der Waals surface area contributed by atoms with Gasteiger partial charge in [0.1, 0.15) is 5.82 Å². The molecule has 0 bridgehead atoms. The van der Waals surface area contributed by atoms with E-state index in [1.165, 1.54) is 6.07 Å². The highest BCUT2D eigenvalue weighted by atomic mass is 79.9. The number of hydrogen-bond acceptors (Lipinski definition) is 2. The summed E-state index contributed by atoms with van der Waals surface area (Å²) in [6.45, 7) is 11.8. The summed E-state index contributed by atoms with van der Waals surface area (Å²) < 4.78 is 14.3. The van der Waals surface area contributed by atoms with Gasteiger partial charge in [0.05, 0.1) is 4.47 Å². The molecule has 2 nitrogen and oxygen atoms in total. The van der Waals surface area contributed by atoms with Crippen molar-refractivity contribution in [3.63, 3.8) is 0 Å². The molecule has 1 N–H and O–H groups in total. The number of benzene rings is 1. The maximum atomic E-state index is 13.7. The maximum Gasteiger partial charge on any atom is 0.137 e. The average Bonchev–Trinajstić information content (AvgIpc) is 2.45. The van der Waals surface area contributed by atoms with Crippen molar-refractivity contribution < 1.29 is 4.39 Å². The normalized spacial score (nSPS) is 27.3. The fourth-order valence-corrected chi connectivity index (χ4v) is 3.30. The minimum Gasteiger partial charge on any atom is -0.311 e. The van der Waals surface area contributed by atoms with Crippen molar-refractivity contribution in [3.05, 3.63) is 34.1 Å². The Bertz CT molecular complexity index is 492. The molecule has 21 heavy (non-hydrogen) atoms. The standard InChI is InChI=1S/C17H26BrFN2/c1-5-17(4)11-20-15(12(2)3)10-21(17)9-13-7-6-8-14(19)16(13)18/h6-8,12,15,20H,5,9-11H2,1-4H3. The molecule has 1 saturated heterocycles. The second-order valence-corrected chi connectivity index (χ2v) is 7.47. The molecule has 0 aromatic heterocycles. The van der Waals surface area contributed by atoms with Crippen molar-refractivity contribution in [1.29, 1.82) is 0 Å². The average molecular weight is 357 g/mol. The largest absolute Gasteiger partial charge is 0.311 e. The van der Waals surface area contributed by atoms with Gasteiger partial charge >= 0.3 is 0 Å². The lowest BCUT2D eigenvalue weighted by atomic mass is 9.89. The minimum absolute atomic E-state index is 0.122. The van der Waals surface area contributed by atoms with Crippen LogP contribution in [0.5, 0.6) is 0 Å². The fraction of sp³-hybridized carbons (Fsp3) is 0.647. The Morgan fingerprint density at radius 3 is 2.81 bits per heavy atom. The van der Waals surface area contributed by atoms with Gasteiger partial charge in [-0.05, 0) is 46.8 Å². The van der Waals surface area contributed by atoms with Crippen LogP contribution in [0.1, 0.15) is 39.7 Å². The van der Waals surface area contributed by atoms with E-state index >= 15 is 0 Å². The minimum atomic E-state index is -0.179. The van der Waals surface area contributed by atoms with Gasteiger partial charge in [0.15, 0.2) is 0 Å². The molecule has 118 valence electrons. The molecule has 0 radical (unpaired) electrons. The van der Waals surface area contributed by atoms with E-state index in [9.17, 15) is 4.39 Å². The summed E-state index contributed by atoms with van der Waals surface area (Å²) in [5.41, 5.74) is 1.15. The lowest BCUT2D eigenvalue weighted by molar-refractivity contribution is 0.0314. The molecule has 1 aliphatic heterocycles. The van der Waals surface area contributed by atoms with Gasteiger partial charge in [-0.2, -0.15) is 0 Å². The van der Waals surface area contributed by atoms with Crippen molar-refractivity contribution in [2.45, 2.75) is 52.2 Å². The molecule has 0 amide bonds. The topological polar surface area (TPSA) is 15.3 Å². The van der Waals surface area contributed by atoms with Gasteiger partial charge in [-0.25, -0.2) is 4.39 Å². The molecule has 0 saturated carbocycles. The molecule has 1 aromatic carbocycles. The Morgan fingerprint density at radius 2 is 2.19 bits per heavy atom. The third kappa shape index (κ3) is 3.66. The Morgan fingerprint density at radius 1 is 1.48 bits per heavy atom. The second-order valence-electron chi connectivity index (χ2n) is 6.68. The second kappa shape index (κ2) is 6.76. The molecule has 0 aliphatic carbocycles. The molecule has 2 atom stereocenters. The predicted molar refractivity (Wildman–Crippen MR) is 89.8 cm³/mol. The highest BCUT2D eigenvalue weighted by molar-refractivity contribution is 9.10. The zero-order chi connectivity index (χ0) is 15.6. The number of rotatable bonds is 4. The van der Waals surface area contributed by atoms with Crippen LogP contribution in [0.25, 0.3) is 0 Å². The summed E-state index contributed by atoms with van der Waals surface area (Å²) in [6, 6.07) is 5.80. The first-order valence-electron chi connectivity index (χ1n) is 7.78. The fourth-order valence-electron chi connectivity index (χ4n) is 2.91. The van der Waals surface area contributed by atoms with Gasteiger partial charge in [0, 0.05) is 31.2 Å². The van der Waals surface area contributed by atoms with E-state index in [1.807, 2.05) is 6.07 Å². The molecule has 1 aromatic rings. The van der Waals surface area contributed by atoms with E-state index in [0.29, 0.717) is 16.4 Å². The van der Waals surface area contributed by atoms with Crippen molar-refractivity contribution in [2.24, 2.45) is 5.92 Å². The Balaban J connectivity index is 2.22. The van der Waals surface area contributed by atoms with Crippen LogP contribution in [-0.2, 0) is 6.54 Å². The smallest absolute Gasteiger partial charge is 0.137 e. The van der Waals surface area contributed by atoms with Crippen LogP contribution in [0.15, 0.2) is 22.7 Å². The van der Waals surface area contributed by atoms with Crippen molar-refractivity contribution in [1.82, 2.24) is 10.2 Å². The zero-order valence-corrected chi connectivity index (χ0v) is 15.0. The van der Waals surface area contributed by atoms with Crippen molar-refractivity contribution >= 4 is 15.9 Å². The van der Waals surface area contributed by atoms with Crippen molar-refractivity contribution in [3.8, 4) is 0 Å². The van der Waals surface area contributed by atoms with Crippen molar-refractivity contribution in [2.75, 3.05) is 13.1 Å². The van der Waals surface area contributed by atoms with Gasteiger partial charge < -0.3 is 5.32 Å². The molecule has 1 fully saturated rings. The molecule has 1 aliphatic rings. The van der Waals surface area contributed by atoms with E-state index in [-0.39, 0.29) is 11.4 Å². The van der Waals surface area contributed by atoms with Gasteiger partial charge in [0.25, 0.3) is 0 Å². The first-order valence-corrected chi connectivity index (χ1v) is 8.58. The highest BCUT2D eigenvalue weighted by Gasteiger charge is 2.37. The zero-order valence-electron chi connectivity index (χ0n) is 13.4. The van der Waals surface area contributed by atoms with Crippen LogP contribution in [0, 0.1) is 11.7 Å². The summed E-state index contributed by atoms with van der Waals surface area (Å²) in [6.07, 6.45) is 1.08. The summed E-state index contributed by atoms with van der Waals surface area (Å²) in [7, 11) is 0. The Kier molecular flexibility index (Phi) is 5.44. The summed E-state index contributed by atoms with van der Waals surface area (Å²) in [5.74, 6) is 0.422. The summed E-state index contributed by atoms with van der Waals surface area (Å²) in [4.78, 5) is 2.51. The molecular weight excluding hydrogens is 331 g/mol. The first-order chi connectivity index (χ1) is 9.87. The first kappa shape index (κ1) is 16.9. The lowest BCUT2D eigenvalue weighted by Crippen LogP contribution is -2.63. The van der Waals surface area contributed by atoms with E-state index in [0.717, 1.165) is 31.6 Å². The number of hydrogen-bond donors (Lipinski definition) is 1. The number of piperazine rings is 1. The monoisotopic (exact) mass is 356 g/mol. The highest BCUT2D eigenvalue weighted by Crippen LogP contribution is 2.29. The molecule has 2 rings (SSSR count). The maximum absolute atomic E-state index is 13.7. The Labute approximate surface area is 136 Å². The molecule has 4 heteroatoms. The molecule has 1 heterocycles. The Hall–Kier alpha value is -0.450. The summed E-state index contributed by atoms with van der Waals surface area (Å²) >= 11 is 3.39. The van der Waals surface area contributed by atoms with Crippen LogP contribution < -0.4 is 5.32 Å². The van der Waals surface area contributed by atoms with E-state index in [1.54, 1.807) is 6.07 Å². The van der Waals surface area contributed by atoms with Gasteiger partial charge in [-0.15, -0.1) is 0 Å². The predicted octanol–water partition coefficient (Wildman–Crippen LogP) is 4.19. The number of halogens is 2. The quantitative estimate of drug-likeness (QED) is 0.869. The van der Waals surface area contributed by atoms with Crippen LogP contribution in [0.3, 0.4) is 0 Å². The van der Waals surface area contributed by atoms with Gasteiger partial charge in [-0.3, -0.25) is 4.90 Å². The number of nitrogens with one attached hydrogen (secondary N) is 1. The van der Waals surface area contributed by atoms with Gasteiger partial charge in [0.2, 0.25) is 0 Å². The SMILES string of the molecule is CCC1(C)CNC(C(C)C)CN1Cc1cccc(F)c1Br. The van der Waals surface area contributed by atoms with Crippen LogP contribution >= 0.6 is 15.9 Å². The van der Waals surface area contributed by atoms with Crippen LogP contribution in [0.2, 0.25) is 0 Å². The van der Waals surface area contributed by atoms with Gasteiger partial charge in [-0.1, -0.05) is 32.9 Å². The van der Waals surface area contributed by atoms with E-state index < -0.39 is 0 Å². The molecule has 0 spiro atoms. The molecule has 2 unspecified atom stereocenters. The molecular formula is C17H26BrFN2. The van der Waals surface area contributed by atoms with Crippen LogP contribution in [-0.4, -0.2) is 29.6 Å². The van der Waals surface area contributed by atoms with Crippen LogP contribution in [0.4, 0.5) is 4.39 Å². The third-order valence-corrected chi connectivity index (χ3v) is 5.77. The summed E-state index contributed by atoms with van der Waals surface area (Å²) in [5, 5.41) is 3.67.